The van der Waals surface area contributed by atoms with E-state index < -0.39 is 0 Å². The number of rotatable bonds is 4. The molecule has 0 atom stereocenters. The maximum absolute atomic E-state index is 9.05. The van der Waals surface area contributed by atoms with Gasteiger partial charge in [0.1, 0.15) is 0 Å². The number of fused-ring (bicyclic) bond motifs is 2. The van der Waals surface area contributed by atoms with Crippen LogP contribution in [-0.4, -0.2) is 59.3 Å². The SMILES string of the molecule is OCCN1CCN(Nc2ccnc3cc4ccccc4cc23)CC1. The highest BCUT2D eigenvalue weighted by molar-refractivity contribution is 6.01. The van der Waals surface area contributed by atoms with Crippen LogP contribution in [0.2, 0.25) is 0 Å². The van der Waals surface area contributed by atoms with Gasteiger partial charge in [0.05, 0.1) is 17.8 Å². The first-order chi connectivity index (χ1) is 11.8. The van der Waals surface area contributed by atoms with Crippen LogP contribution in [0.15, 0.2) is 48.7 Å². The van der Waals surface area contributed by atoms with Crippen molar-refractivity contribution in [2.75, 3.05) is 44.8 Å². The number of pyridine rings is 1. The Morgan fingerprint density at radius 1 is 1.00 bits per heavy atom. The van der Waals surface area contributed by atoms with Gasteiger partial charge in [-0.1, -0.05) is 24.3 Å². The molecule has 4 rings (SSSR count). The van der Waals surface area contributed by atoms with Gasteiger partial charge in [0, 0.05) is 44.3 Å². The lowest BCUT2D eigenvalue weighted by Gasteiger charge is -2.35. The summed E-state index contributed by atoms with van der Waals surface area (Å²) in [5.74, 6) is 0. The molecule has 1 aliphatic heterocycles. The number of piperazine rings is 1. The van der Waals surface area contributed by atoms with Crippen LogP contribution in [0.25, 0.3) is 21.7 Å². The summed E-state index contributed by atoms with van der Waals surface area (Å²) in [6.07, 6.45) is 1.86. The summed E-state index contributed by atoms with van der Waals surface area (Å²) >= 11 is 0. The zero-order valence-electron chi connectivity index (χ0n) is 13.7. The van der Waals surface area contributed by atoms with Crippen molar-refractivity contribution in [3.63, 3.8) is 0 Å². The minimum absolute atomic E-state index is 0.232. The van der Waals surface area contributed by atoms with E-state index in [2.05, 4.69) is 56.7 Å². The summed E-state index contributed by atoms with van der Waals surface area (Å²) in [6, 6.07) is 14.8. The molecular formula is C19H22N4O. The van der Waals surface area contributed by atoms with Crippen molar-refractivity contribution in [3.8, 4) is 0 Å². The molecule has 0 aliphatic carbocycles. The van der Waals surface area contributed by atoms with Gasteiger partial charge in [-0.05, 0) is 29.0 Å². The van der Waals surface area contributed by atoms with Crippen LogP contribution >= 0.6 is 0 Å². The fraction of sp³-hybridized carbons (Fsp3) is 0.316. The standard InChI is InChI=1S/C19H22N4O/c24-12-11-22-7-9-23(10-8-22)21-18-5-6-20-19-14-16-4-2-1-3-15(16)13-17(18)19/h1-6,13-14,24H,7-12H2,(H,20,21). The van der Waals surface area contributed by atoms with Gasteiger partial charge in [0.2, 0.25) is 0 Å². The Balaban J connectivity index is 1.59. The number of nitrogens with one attached hydrogen (secondary N) is 1. The lowest BCUT2D eigenvalue weighted by atomic mass is 10.1. The molecule has 124 valence electrons. The molecule has 0 radical (unpaired) electrons. The third-order valence-corrected chi connectivity index (χ3v) is 4.68. The third kappa shape index (κ3) is 3.06. The summed E-state index contributed by atoms with van der Waals surface area (Å²) in [5.41, 5.74) is 5.67. The second-order valence-corrected chi connectivity index (χ2v) is 6.24. The van der Waals surface area contributed by atoms with Gasteiger partial charge in [0.25, 0.3) is 0 Å². The molecule has 1 aromatic heterocycles. The van der Waals surface area contributed by atoms with E-state index in [4.69, 9.17) is 5.11 Å². The smallest absolute Gasteiger partial charge is 0.0729 e. The Hall–Kier alpha value is -2.21. The number of aliphatic hydroxyl groups excluding tert-OH is 1. The van der Waals surface area contributed by atoms with Crippen molar-refractivity contribution in [2.24, 2.45) is 0 Å². The molecule has 0 bridgehead atoms. The number of benzene rings is 2. The third-order valence-electron chi connectivity index (χ3n) is 4.68. The number of aromatic nitrogens is 1. The quantitative estimate of drug-likeness (QED) is 0.722. The maximum Gasteiger partial charge on any atom is 0.0729 e. The number of nitrogens with zero attached hydrogens (tertiary/aromatic N) is 3. The van der Waals surface area contributed by atoms with E-state index in [1.165, 1.54) is 10.8 Å². The van der Waals surface area contributed by atoms with Crippen LogP contribution in [0.3, 0.4) is 0 Å². The summed E-state index contributed by atoms with van der Waals surface area (Å²) in [4.78, 5) is 6.81. The van der Waals surface area contributed by atoms with E-state index in [0.717, 1.165) is 49.3 Å². The molecule has 0 saturated carbocycles. The van der Waals surface area contributed by atoms with Crippen molar-refractivity contribution in [1.29, 1.82) is 0 Å². The second-order valence-electron chi connectivity index (χ2n) is 6.24. The van der Waals surface area contributed by atoms with Gasteiger partial charge in [-0.2, -0.15) is 0 Å². The topological polar surface area (TPSA) is 51.6 Å². The second kappa shape index (κ2) is 6.73. The lowest BCUT2D eigenvalue weighted by molar-refractivity contribution is 0.127. The highest BCUT2D eigenvalue weighted by atomic mass is 16.3. The van der Waals surface area contributed by atoms with Crippen LogP contribution in [0.5, 0.6) is 0 Å². The zero-order chi connectivity index (χ0) is 16.4. The molecule has 24 heavy (non-hydrogen) atoms. The minimum Gasteiger partial charge on any atom is -0.395 e. The molecule has 1 fully saturated rings. The average molecular weight is 322 g/mol. The number of aliphatic hydroxyl groups is 1. The van der Waals surface area contributed by atoms with Crippen molar-refractivity contribution in [3.05, 3.63) is 48.7 Å². The highest BCUT2D eigenvalue weighted by Gasteiger charge is 2.16. The van der Waals surface area contributed by atoms with E-state index in [1.54, 1.807) is 0 Å². The van der Waals surface area contributed by atoms with Gasteiger partial charge in [-0.3, -0.25) is 9.88 Å². The van der Waals surface area contributed by atoms with Crippen molar-refractivity contribution < 1.29 is 5.11 Å². The monoisotopic (exact) mass is 322 g/mol. The molecule has 2 aromatic carbocycles. The van der Waals surface area contributed by atoms with E-state index >= 15 is 0 Å². The summed E-state index contributed by atoms with van der Waals surface area (Å²) in [5, 5.41) is 14.9. The molecule has 3 aromatic rings. The van der Waals surface area contributed by atoms with Gasteiger partial charge in [-0.25, -0.2) is 5.01 Å². The van der Waals surface area contributed by atoms with Gasteiger partial charge >= 0.3 is 0 Å². The predicted molar refractivity (Wildman–Crippen MR) is 98.0 cm³/mol. The van der Waals surface area contributed by atoms with E-state index in [0.29, 0.717) is 0 Å². The van der Waals surface area contributed by atoms with Gasteiger partial charge < -0.3 is 10.5 Å². The van der Waals surface area contributed by atoms with Crippen molar-refractivity contribution in [2.45, 2.75) is 0 Å². The number of anilines is 1. The normalized spacial score (nSPS) is 16.7. The first-order valence-electron chi connectivity index (χ1n) is 8.46. The maximum atomic E-state index is 9.05. The molecule has 2 N–H and O–H groups in total. The Morgan fingerprint density at radius 2 is 1.75 bits per heavy atom. The number of hydrogen-bond acceptors (Lipinski definition) is 5. The van der Waals surface area contributed by atoms with Gasteiger partial charge in [0.15, 0.2) is 0 Å². The molecule has 2 heterocycles. The predicted octanol–water partition coefficient (Wildman–Crippen LogP) is 2.32. The van der Waals surface area contributed by atoms with Crippen molar-refractivity contribution in [1.82, 2.24) is 14.9 Å². The zero-order valence-corrected chi connectivity index (χ0v) is 13.7. The Morgan fingerprint density at radius 3 is 2.50 bits per heavy atom. The van der Waals surface area contributed by atoms with Gasteiger partial charge in [-0.15, -0.1) is 0 Å². The van der Waals surface area contributed by atoms with Crippen LogP contribution in [0.1, 0.15) is 0 Å². The largest absolute Gasteiger partial charge is 0.395 e. The molecule has 5 nitrogen and oxygen atoms in total. The first kappa shape index (κ1) is 15.3. The van der Waals surface area contributed by atoms with Crippen LogP contribution in [-0.2, 0) is 0 Å². The Kier molecular flexibility index (Phi) is 4.30. The molecule has 0 unspecified atom stereocenters. The van der Waals surface area contributed by atoms with E-state index in [9.17, 15) is 0 Å². The van der Waals surface area contributed by atoms with Crippen LogP contribution < -0.4 is 5.43 Å². The molecule has 1 aliphatic rings. The van der Waals surface area contributed by atoms with Crippen molar-refractivity contribution >= 4 is 27.4 Å². The first-order valence-corrected chi connectivity index (χ1v) is 8.46. The summed E-state index contributed by atoms with van der Waals surface area (Å²) in [6.45, 7) is 4.82. The highest BCUT2D eigenvalue weighted by Crippen LogP contribution is 2.27. The van der Waals surface area contributed by atoms with E-state index in [1.807, 2.05) is 12.3 Å². The van der Waals surface area contributed by atoms with E-state index in [-0.39, 0.29) is 6.61 Å². The Labute approximate surface area is 141 Å². The number of β-amino-alcohol motifs (C(OH)–C–C–N with tert-alkyl or cyclic N) is 1. The summed E-state index contributed by atoms with van der Waals surface area (Å²) in [7, 11) is 0. The van der Waals surface area contributed by atoms with Crippen LogP contribution in [0, 0.1) is 0 Å². The molecule has 0 amide bonds. The summed E-state index contributed by atoms with van der Waals surface area (Å²) < 4.78 is 0. The average Bonchev–Trinajstić information content (AvgIpc) is 2.62. The number of hydrogen-bond donors (Lipinski definition) is 2. The van der Waals surface area contributed by atoms with Crippen LogP contribution in [0.4, 0.5) is 5.69 Å². The Bertz CT molecular complexity index is 843. The fourth-order valence-corrected chi connectivity index (χ4v) is 3.33. The number of hydrazine groups is 1. The molecule has 0 spiro atoms. The lowest BCUT2D eigenvalue weighted by Crippen LogP contribution is -2.49. The fourth-order valence-electron chi connectivity index (χ4n) is 3.33. The molecule has 1 saturated heterocycles. The minimum atomic E-state index is 0.232. The molecule has 5 heteroatoms. The molecular weight excluding hydrogens is 300 g/mol.